The summed E-state index contributed by atoms with van der Waals surface area (Å²) in [6.07, 6.45) is 6.73. The Kier molecular flexibility index (Phi) is 2.58. The van der Waals surface area contributed by atoms with Crippen LogP contribution in [0.25, 0.3) is 0 Å². The lowest BCUT2D eigenvalue weighted by Gasteiger charge is -2.02. The number of aromatic nitrogens is 2. The molecule has 4 heteroatoms. The summed E-state index contributed by atoms with van der Waals surface area (Å²) in [5, 5.41) is 0. The predicted octanol–water partition coefficient (Wildman–Crippen LogP) is 0.607. The number of hydrogen-bond donors (Lipinski definition) is 0. The van der Waals surface area contributed by atoms with E-state index >= 15 is 0 Å². The van der Waals surface area contributed by atoms with Crippen LogP contribution in [-0.4, -0.2) is 21.7 Å². The predicted molar refractivity (Wildman–Crippen MR) is 39.8 cm³/mol. The first kappa shape index (κ1) is 7.69. The molecule has 0 saturated heterocycles. The highest BCUT2D eigenvalue weighted by Gasteiger charge is 1.98. The van der Waals surface area contributed by atoms with Crippen LogP contribution in [0.1, 0.15) is 6.92 Å². The second-order valence-corrected chi connectivity index (χ2v) is 2.33. The highest BCUT2D eigenvalue weighted by atomic mass is 16.1. The first-order valence-corrected chi connectivity index (χ1v) is 3.35. The van der Waals surface area contributed by atoms with Crippen molar-refractivity contribution in [3.05, 3.63) is 18.7 Å². The minimum absolute atomic E-state index is 0.0262. The lowest BCUT2D eigenvalue weighted by molar-refractivity contribution is 0.545. The van der Waals surface area contributed by atoms with Crippen molar-refractivity contribution in [1.82, 2.24) is 9.55 Å². The van der Waals surface area contributed by atoms with Crippen LogP contribution in [0.2, 0.25) is 0 Å². The van der Waals surface area contributed by atoms with Gasteiger partial charge in [-0.15, -0.1) is 0 Å². The highest BCUT2D eigenvalue weighted by molar-refractivity contribution is 5.33. The summed E-state index contributed by atoms with van der Waals surface area (Å²) < 4.78 is 1.87. The van der Waals surface area contributed by atoms with E-state index in [1.807, 2.05) is 17.7 Å². The van der Waals surface area contributed by atoms with E-state index < -0.39 is 0 Å². The first-order chi connectivity index (χ1) is 5.33. The number of nitrogens with zero attached hydrogens (tertiary/aromatic N) is 3. The average Bonchev–Trinajstić information content (AvgIpc) is 2.40. The van der Waals surface area contributed by atoms with E-state index in [1.165, 1.54) is 6.08 Å². The fraction of sp³-hybridized carbons (Fsp3) is 0.429. The van der Waals surface area contributed by atoms with Gasteiger partial charge >= 0.3 is 0 Å². The molecule has 0 N–H and O–H groups in total. The molecule has 0 aliphatic heterocycles. The van der Waals surface area contributed by atoms with Crippen LogP contribution < -0.4 is 0 Å². The van der Waals surface area contributed by atoms with Crippen molar-refractivity contribution in [2.24, 2.45) is 4.99 Å². The van der Waals surface area contributed by atoms with E-state index in [4.69, 9.17) is 0 Å². The molecule has 0 radical (unpaired) electrons. The molecule has 1 atom stereocenters. The molecule has 1 aromatic rings. The van der Waals surface area contributed by atoms with Crippen molar-refractivity contribution in [3.8, 4) is 0 Å². The second kappa shape index (κ2) is 3.68. The molecule has 1 aromatic heterocycles. The highest BCUT2D eigenvalue weighted by Crippen LogP contribution is 1.94. The van der Waals surface area contributed by atoms with Crippen molar-refractivity contribution in [2.75, 3.05) is 0 Å². The lowest BCUT2D eigenvalue weighted by Crippen LogP contribution is -2.08. The number of hydrogen-bond acceptors (Lipinski definition) is 3. The summed E-state index contributed by atoms with van der Waals surface area (Å²) in [6.45, 7) is 2.53. The number of carbonyl (C=O) groups excluding carboxylic acids is 1. The Labute approximate surface area is 64.6 Å². The van der Waals surface area contributed by atoms with E-state index in [0.29, 0.717) is 6.54 Å². The Hall–Kier alpha value is -1.41. The van der Waals surface area contributed by atoms with Gasteiger partial charge in [-0.1, -0.05) is 0 Å². The maximum atomic E-state index is 9.83. The van der Waals surface area contributed by atoms with Crippen molar-refractivity contribution in [1.29, 1.82) is 0 Å². The van der Waals surface area contributed by atoms with E-state index in [-0.39, 0.29) is 6.04 Å². The minimum Gasteiger partial charge on any atom is -0.335 e. The summed E-state index contributed by atoms with van der Waals surface area (Å²) >= 11 is 0. The molecule has 0 aliphatic rings. The molecule has 0 amide bonds. The Morgan fingerprint density at radius 1 is 1.82 bits per heavy atom. The van der Waals surface area contributed by atoms with Crippen LogP contribution in [0.3, 0.4) is 0 Å². The summed E-state index contributed by atoms with van der Waals surface area (Å²) in [5.74, 6) is 0. The molecular weight excluding hydrogens is 142 g/mol. The summed E-state index contributed by atoms with van der Waals surface area (Å²) in [4.78, 5) is 17.2. The number of rotatable bonds is 3. The minimum atomic E-state index is -0.0262. The van der Waals surface area contributed by atoms with Gasteiger partial charge in [0, 0.05) is 18.9 Å². The number of aliphatic imine (C=N–C) groups is 1. The quantitative estimate of drug-likeness (QED) is 0.469. The lowest BCUT2D eigenvalue weighted by atomic mass is 10.3. The molecule has 0 saturated carbocycles. The van der Waals surface area contributed by atoms with Gasteiger partial charge in [-0.25, -0.2) is 14.8 Å². The standard InChI is InChI=1S/C7H9N3O/c1-7(9-6-11)4-10-3-2-8-5-10/h2-3,5,7H,4H2,1H3. The Balaban J connectivity index is 2.49. The van der Waals surface area contributed by atoms with Crippen molar-refractivity contribution >= 4 is 6.08 Å². The molecule has 0 spiro atoms. The number of isocyanates is 1. The molecule has 58 valence electrons. The van der Waals surface area contributed by atoms with Crippen LogP contribution >= 0.6 is 0 Å². The number of imidazole rings is 1. The van der Waals surface area contributed by atoms with Crippen LogP contribution in [0.15, 0.2) is 23.7 Å². The maximum absolute atomic E-state index is 9.83. The molecule has 1 rings (SSSR count). The van der Waals surface area contributed by atoms with Gasteiger partial charge in [-0.3, -0.25) is 0 Å². The first-order valence-electron chi connectivity index (χ1n) is 3.35. The zero-order chi connectivity index (χ0) is 8.10. The monoisotopic (exact) mass is 151 g/mol. The second-order valence-electron chi connectivity index (χ2n) is 2.33. The van der Waals surface area contributed by atoms with Crippen LogP contribution in [0.5, 0.6) is 0 Å². The van der Waals surface area contributed by atoms with E-state index in [1.54, 1.807) is 12.5 Å². The summed E-state index contributed by atoms with van der Waals surface area (Å²) in [7, 11) is 0. The third-order valence-electron chi connectivity index (χ3n) is 1.31. The van der Waals surface area contributed by atoms with Crippen molar-refractivity contribution < 1.29 is 4.79 Å². The molecule has 11 heavy (non-hydrogen) atoms. The van der Waals surface area contributed by atoms with Gasteiger partial charge in [-0.2, -0.15) is 0 Å². The normalized spacial score (nSPS) is 12.1. The molecule has 1 unspecified atom stereocenters. The van der Waals surface area contributed by atoms with Gasteiger partial charge < -0.3 is 4.57 Å². The third-order valence-corrected chi connectivity index (χ3v) is 1.31. The van der Waals surface area contributed by atoms with Gasteiger partial charge in [-0.05, 0) is 6.92 Å². The van der Waals surface area contributed by atoms with E-state index in [9.17, 15) is 4.79 Å². The summed E-state index contributed by atoms with van der Waals surface area (Å²) in [6, 6.07) is -0.0262. The Morgan fingerprint density at radius 3 is 3.18 bits per heavy atom. The van der Waals surface area contributed by atoms with E-state index in [2.05, 4.69) is 9.98 Å². The van der Waals surface area contributed by atoms with Crippen LogP contribution in [0.4, 0.5) is 0 Å². The topological polar surface area (TPSA) is 47.2 Å². The van der Waals surface area contributed by atoms with Crippen molar-refractivity contribution in [3.63, 3.8) is 0 Å². The smallest absolute Gasteiger partial charge is 0.235 e. The van der Waals surface area contributed by atoms with Gasteiger partial charge in [0.25, 0.3) is 0 Å². The maximum Gasteiger partial charge on any atom is 0.235 e. The molecule has 4 nitrogen and oxygen atoms in total. The van der Waals surface area contributed by atoms with Crippen LogP contribution in [-0.2, 0) is 11.3 Å². The average molecular weight is 151 g/mol. The SMILES string of the molecule is CC(Cn1ccnc1)N=C=O. The van der Waals surface area contributed by atoms with Gasteiger partial charge in [0.2, 0.25) is 6.08 Å². The van der Waals surface area contributed by atoms with Crippen molar-refractivity contribution in [2.45, 2.75) is 19.5 Å². The molecule has 1 heterocycles. The fourth-order valence-electron chi connectivity index (χ4n) is 0.831. The van der Waals surface area contributed by atoms with E-state index in [0.717, 1.165) is 0 Å². The van der Waals surface area contributed by atoms with Gasteiger partial charge in [0.05, 0.1) is 12.4 Å². The molecular formula is C7H9N3O. The third kappa shape index (κ3) is 2.35. The molecule has 0 aromatic carbocycles. The zero-order valence-corrected chi connectivity index (χ0v) is 6.27. The molecule has 0 bridgehead atoms. The van der Waals surface area contributed by atoms with Gasteiger partial charge in [0.1, 0.15) is 0 Å². The Bertz CT molecular complexity index is 249. The molecule has 0 fully saturated rings. The van der Waals surface area contributed by atoms with Gasteiger partial charge in [0.15, 0.2) is 0 Å². The Morgan fingerprint density at radius 2 is 2.64 bits per heavy atom. The molecule has 0 aliphatic carbocycles. The van der Waals surface area contributed by atoms with Crippen LogP contribution in [0, 0.1) is 0 Å². The zero-order valence-electron chi connectivity index (χ0n) is 6.27. The largest absolute Gasteiger partial charge is 0.335 e. The fourth-order valence-corrected chi connectivity index (χ4v) is 0.831. The summed E-state index contributed by atoms with van der Waals surface area (Å²) in [5.41, 5.74) is 0.